The number of hydrogen-bond donors (Lipinski definition) is 1. The lowest BCUT2D eigenvalue weighted by atomic mass is 10.2. The van der Waals surface area contributed by atoms with Gasteiger partial charge in [-0.05, 0) is 69.1 Å². The Bertz CT molecular complexity index is 925. The molecule has 2 aliphatic heterocycles. The lowest BCUT2D eigenvalue weighted by Crippen LogP contribution is -2.31. The van der Waals surface area contributed by atoms with Crippen LogP contribution in [0.25, 0.3) is 0 Å². The summed E-state index contributed by atoms with van der Waals surface area (Å²) in [5.41, 5.74) is 2.90. The molecule has 2 aliphatic rings. The Hall–Kier alpha value is -2.31. The van der Waals surface area contributed by atoms with Crippen molar-refractivity contribution >= 4 is 29.3 Å². The van der Waals surface area contributed by atoms with Crippen LogP contribution in [0.1, 0.15) is 48.0 Å². The SMILES string of the molecule is O=C(NCCCN1CCCCCC1)c1ccccc1SCC(=O)N1CCc2ccccc21. The number of para-hydroxylation sites is 1. The Kier molecular flexibility index (Phi) is 8.24. The third kappa shape index (κ3) is 5.93. The molecule has 2 amide bonds. The lowest BCUT2D eigenvalue weighted by molar-refractivity contribution is -0.116. The molecule has 1 fully saturated rings. The number of benzene rings is 2. The Morgan fingerprint density at radius 3 is 2.50 bits per heavy atom. The van der Waals surface area contributed by atoms with E-state index in [1.54, 1.807) is 0 Å². The Morgan fingerprint density at radius 2 is 1.66 bits per heavy atom. The van der Waals surface area contributed by atoms with E-state index < -0.39 is 0 Å². The quantitative estimate of drug-likeness (QED) is 0.479. The monoisotopic (exact) mass is 451 g/mol. The average Bonchev–Trinajstić information content (AvgIpc) is 3.09. The third-order valence-corrected chi connectivity index (χ3v) is 7.36. The van der Waals surface area contributed by atoms with E-state index in [1.165, 1.54) is 56.1 Å². The number of rotatable bonds is 8. The van der Waals surface area contributed by atoms with Crippen molar-refractivity contribution in [1.82, 2.24) is 10.2 Å². The van der Waals surface area contributed by atoms with Crippen LogP contribution in [0.15, 0.2) is 53.4 Å². The zero-order valence-corrected chi connectivity index (χ0v) is 19.5. The molecule has 4 rings (SSSR count). The molecule has 1 N–H and O–H groups in total. The number of amides is 2. The van der Waals surface area contributed by atoms with Gasteiger partial charge in [-0.1, -0.05) is 43.2 Å². The van der Waals surface area contributed by atoms with Crippen molar-refractivity contribution in [2.45, 2.75) is 43.4 Å². The van der Waals surface area contributed by atoms with Crippen molar-refractivity contribution in [2.75, 3.05) is 43.4 Å². The number of anilines is 1. The molecule has 0 bridgehead atoms. The molecule has 1 saturated heterocycles. The molecular weight excluding hydrogens is 418 g/mol. The normalized spacial score (nSPS) is 16.4. The first kappa shape index (κ1) is 22.9. The van der Waals surface area contributed by atoms with Crippen molar-refractivity contribution in [2.24, 2.45) is 0 Å². The van der Waals surface area contributed by atoms with Crippen LogP contribution in [-0.4, -0.2) is 55.2 Å². The number of nitrogens with zero attached hydrogens (tertiary/aromatic N) is 2. The predicted molar refractivity (Wildman–Crippen MR) is 132 cm³/mol. The predicted octanol–water partition coefficient (Wildman–Crippen LogP) is 4.36. The van der Waals surface area contributed by atoms with Crippen LogP contribution >= 0.6 is 11.8 Å². The first-order valence-electron chi connectivity index (χ1n) is 11.8. The molecule has 0 radical (unpaired) electrons. The summed E-state index contributed by atoms with van der Waals surface area (Å²) in [6.45, 7) is 4.82. The highest BCUT2D eigenvalue weighted by atomic mass is 32.2. The minimum Gasteiger partial charge on any atom is -0.352 e. The van der Waals surface area contributed by atoms with Gasteiger partial charge in [0.15, 0.2) is 0 Å². The highest BCUT2D eigenvalue weighted by Crippen LogP contribution is 2.29. The maximum absolute atomic E-state index is 12.8. The van der Waals surface area contributed by atoms with Gasteiger partial charge in [0.05, 0.1) is 11.3 Å². The second kappa shape index (κ2) is 11.5. The van der Waals surface area contributed by atoms with Crippen molar-refractivity contribution < 1.29 is 9.59 Å². The molecule has 0 aromatic heterocycles. The second-order valence-electron chi connectivity index (χ2n) is 8.57. The number of likely N-dealkylation sites (tertiary alicyclic amines) is 1. The van der Waals surface area contributed by atoms with Crippen LogP contribution in [0.4, 0.5) is 5.69 Å². The van der Waals surface area contributed by atoms with Crippen molar-refractivity contribution in [3.05, 3.63) is 59.7 Å². The fraction of sp³-hybridized carbons (Fsp3) is 0.462. The van der Waals surface area contributed by atoms with E-state index in [1.807, 2.05) is 47.4 Å². The summed E-state index contributed by atoms with van der Waals surface area (Å²) in [7, 11) is 0. The van der Waals surface area contributed by atoms with E-state index in [9.17, 15) is 9.59 Å². The molecule has 2 heterocycles. The highest BCUT2D eigenvalue weighted by molar-refractivity contribution is 8.00. The largest absolute Gasteiger partial charge is 0.352 e. The fourth-order valence-corrected chi connectivity index (χ4v) is 5.48. The molecule has 0 atom stereocenters. The van der Waals surface area contributed by atoms with E-state index in [0.717, 1.165) is 36.5 Å². The Balaban J connectivity index is 1.27. The number of carbonyl (C=O) groups excluding carboxylic acids is 2. The molecule has 2 aromatic rings. The van der Waals surface area contributed by atoms with Gasteiger partial charge in [-0.2, -0.15) is 0 Å². The highest BCUT2D eigenvalue weighted by Gasteiger charge is 2.24. The molecule has 0 spiro atoms. The molecule has 2 aromatic carbocycles. The minimum absolute atomic E-state index is 0.0528. The summed E-state index contributed by atoms with van der Waals surface area (Å²) >= 11 is 1.45. The Morgan fingerprint density at radius 1 is 0.906 bits per heavy atom. The molecule has 5 nitrogen and oxygen atoms in total. The van der Waals surface area contributed by atoms with Gasteiger partial charge in [0.1, 0.15) is 0 Å². The van der Waals surface area contributed by atoms with Crippen molar-refractivity contribution in [1.29, 1.82) is 0 Å². The van der Waals surface area contributed by atoms with Crippen molar-refractivity contribution in [3.63, 3.8) is 0 Å². The van der Waals surface area contributed by atoms with E-state index in [2.05, 4.69) is 16.3 Å². The molecule has 0 unspecified atom stereocenters. The lowest BCUT2D eigenvalue weighted by Gasteiger charge is -2.19. The summed E-state index contributed by atoms with van der Waals surface area (Å²) in [4.78, 5) is 30.9. The molecule has 0 saturated carbocycles. The number of nitrogens with one attached hydrogen (secondary N) is 1. The van der Waals surface area contributed by atoms with Gasteiger partial charge < -0.3 is 15.1 Å². The summed E-state index contributed by atoms with van der Waals surface area (Å²) in [6.07, 6.45) is 7.14. The van der Waals surface area contributed by atoms with E-state index in [0.29, 0.717) is 17.9 Å². The summed E-state index contributed by atoms with van der Waals surface area (Å²) in [6, 6.07) is 15.7. The van der Waals surface area contributed by atoms with Crippen LogP contribution < -0.4 is 10.2 Å². The molecule has 170 valence electrons. The maximum atomic E-state index is 12.8. The van der Waals surface area contributed by atoms with Gasteiger partial charge in [0.25, 0.3) is 5.91 Å². The van der Waals surface area contributed by atoms with Gasteiger partial charge in [0.2, 0.25) is 5.91 Å². The smallest absolute Gasteiger partial charge is 0.252 e. The summed E-state index contributed by atoms with van der Waals surface area (Å²) < 4.78 is 0. The number of fused-ring (bicyclic) bond motifs is 1. The number of carbonyl (C=O) groups is 2. The van der Waals surface area contributed by atoms with Crippen molar-refractivity contribution in [3.8, 4) is 0 Å². The maximum Gasteiger partial charge on any atom is 0.252 e. The number of hydrogen-bond acceptors (Lipinski definition) is 4. The minimum atomic E-state index is -0.0528. The average molecular weight is 452 g/mol. The second-order valence-corrected chi connectivity index (χ2v) is 9.59. The van der Waals surface area contributed by atoms with Gasteiger partial charge in [0, 0.05) is 23.7 Å². The van der Waals surface area contributed by atoms with Crippen LogP contribution in [0.3, 0.4) is 0 Å². The first-order chi connectivity index (χ1) is 15.7. The van der Waals surface area contributed by atoms with Crippen LogP contribution in [0, 0.1) is 0 Å². The van der Waals surface area contributed by atoms with Gasteiger partial charge in [-0.15, -0.1) is 11.8 Å². The standard InChI is InChI=1S/C26H33N3O2S/c30-25(29-19-14-21-10-3-5-12-23(21)29)20-32-24-13-6-4-11-22(24)26(31)27-15-9-18-28-16-7-1-2-8-17-28/h3-6,10-13H,1-2,7-9,14-20H2,(H,27,31). The molecular formula is C26H33N3O2S. The van der Waals surface area contributed by atoms with E-state index in [-0.39, 0.29) is 11.8 Å². The van der Waals surface area contributed by atoms with Gasteiger partial charge in [-0.25, -0.2) is 0 Å². The third-order valence-electron chi connectivity index (χ3n) is 6.31. The van der Waals surface area contributed by atoms with E-state index >= 15 is 0 Å². The van der Waals surface area contributed by atoms with Crippen LogP contribution in [-0.2, 0) is 11.2 Å². The molecule has 0 aliphatic carbocycles. The molecule has 6 heteroatoms. The topological polar surface area (TPSA) is 52.7 Å². The fourth-order valence-electron chi connectivity index (χ4n) is 4.55. The van der Waals surface area contributed by atoms with Gasteiger partial charge >= 0.3 is 0 Å². The molecule has 32 heavy (non-hydrogen) atoms. The first-order valence-corrected chi connectivity index (χ1v) is 12.8. The van der Waals surface area contributed by atoms with Crippen LogP contribution in [0.5, 0.6) is 0 Å². The van der Waals surface area contributed by atoms with Gasteiger partial charge in [-0.3, -0.25) is 9.59 Å². The zero-order chi connectivity index (χ0) is 22.2. The van der Waals surface area contributed by atoms with Crippen LogP contribution in [0.2, 0.25) is 0 Å². The zero-order valence-electron chi connectivity index (χ0n) is 18.7. The summed E-state index contributed by atoms with van der Waals surface area (Å²) in [5, 5.41) is 3.08. The number of thioether (sulfide) groups is 1. The van der Waals surface area contributed by atoms with E-state index in [4.69, 9.17) is 0 Å². The summed E-state index contributed by atoms with van der Waals surface area (Å²) in [5.74, 6) is 0.365. The Labute approximate surface area is 195 Å².